The first kappa shape index (κ1) is 12.7. The molecule has 0 saturated heterocycles. The number of nitrogens with one attached hydrogen (secondary N) is 1. The van der Waals surface area contributed by atoms with Crippen LogP contribution in [0.3, 0.4) is 0 Å². The standard InChI is InChI=1S/C12H22N4/c1-3-5-6-10(4-2)7-15-12-11(13)8-14-9-16-12/h8-10H,3-7,13H2,1-2H3,(H,14,15,16). The summed E-state index contributed by atoms with van der Waals surface area (Å²) in [6, 6.07) is 0. The van der Waals surface area contributed by atoms with Gasteiger partial charge in [0.1, 0.15) is 6.33 Å². The minimum Gasteiger partial charge on any atom is -0.394 e. The maximum atomic E-state index is 5.76. The molecule has 1 rings (SSSR count). The number of aromatic nitrogens is 2. The van der Waals surface area contributed by atoms with Crippen molar-refractivity contribution in [1.82, 2.24) is 9.97 Å². The van der Waals surface area contributed by atoms with Crippen molar-refractivity contribution >= 4 is 11.5 Å². The molecule has 4 nitrogen and oxygen atoms in total. The van der Waals surface area contributed by atoms with E-state index >= 15 is 0 Å². The molecule has 1 aromatic rings. The van der Waals surface area contributed by atoms with Gasteiger partial charge in [0.15, 0.2) is 5.82 Å². The number of nitrogen functional groups attached to an aromatic ring is 1. The van der Waals surface area contributed by atoms with Crippen molar-refractivity contribution in [3.05, 3.63) is 12.5 Å². The molecule has 1 aromatic heterocycles. The highest BCUT2D eigenvalue weighted by atomic mass is 15.0. The number of hydrogen-bond donors (Lipinski definition) is 2. The summed E-state index contributed by atoms with van der Waals surface area (Å²) >= 11 is 0. The predicted molar refractivity (Wildman–Crippen MR) is 68.2 cm³/mol. The van der Waals surface area contributed by atoms with Crippen LogP contribution in [0.4, 0.5) is 11.5 Å². The van der Waals surface area contributed by atoms with Crippen LogP contribution in [0.1, 0.15) is 39.5 Å². The summed E-state index contributed by atoms with van der Waals surface area (Å²) in [5.41, 5.74) is 6.38. The number of anilines is 2. The fourth-order valence-corrected chi connectivity index (χ4v) is 1.67. The van der Waals surface area contributed by atoms with Crippen LogP contribution in [0.2, 0.25) is 0 Å². The Morgan fingerprint density at radius 1 is 1.44 bits per heavy atom. The summed E-state index contributed by atoms with van der Waals surface area (Å²) in [5, 5.41) is 3.30. The molecule has 1 atom stereocenters. The van der Waals surface area contributed by atoms with Gasteiger partial charge in [-0.15, -0.1) is 0 Å². The zero-order valence-corrected chi connectivity index (χ0v) is 10.2. The molecule has 1 heterocycles. The van der Waals surface area contributed by atoms with E-state index in [9.17, 15) is 0 Å². The molecule has 0 bridgehead atoms. The van der Waals surface area contributed by atoms with E-state index in [2.05, 4.69) is 29.1 Å². The van der Waals surface area contributed by atoms with Gasteiger partial charge in [-0.1, -0.05) is 33.1 Å². The number of nitrogens with two attached hydrogens (primary N) is 1. The molecule has 90 valence electrons. The van der Waals surface area contributed by atoms with E-state index < -0.39 is 0 Å². The Morgan fingerprint density at radius 3 is 2.88 bits per heavy atom. The first-order valence-corrected chi connectivity index (χ1v) is 6.07. The maximum Gasteiger partial charge on any atom is 0.152 e. The van der Waals surface area contributed by atoms with E-state index in [0.29, 0.717) is 11.6 Å². The van der Waals surface area contributed by atoms with Crippen molar-refractivity contribution in [2.45, 2.75) is 39.5 Å². The lowest BCUT2D eigenvalue weighted by Crippen LogP contribution is -2.15. The van der Waals surface area contributed by atoms with Gasteiger partial charge in [-0.25, -0.2) is 9.97 Å². The fourth-order valence-electron chi connectivity index (χ4n) is 1.67. The summed E-state index contributed by atoms with van der Waals surface area (Å²) < 4.78 is 0. The predicted octanol–water partition coefficient (Wildman–Crippen LogP) is 2.69. The molecule has 0 fully saturated rings. The van der Waals surface area contributed by atoms with Crippen LogP contribution in [-0.4, -0.2) is 16.5 Å². The molecule has 0 radical (unpaired) electrons. The first-order valence-electron chi connectivity index (χ1n) is 6.07. The topological polar surface area (TPSA) is 63.8 Å². The zero-order chi connectivity index (χ0) is 11.8. The summed E-state index contributed by atoms with van der Waals surface area (Å²) in [7, 11) is 0. The second-order valence-corrected chi connectivity index (χ2v) is 4.12. The lowest BCUT2D eigenvalue weighted by Gasteiger charge is -2.16. The third-order valence-corrected chi connectivity index (χ3v) is 2.84. The Bertz CT molecular complexity index is 301. The van der Waals surface area contributed by atoms with Crippen LogP contribution in [0.15, 0.2) is 12.5 Å². The normalized spacial score (nSPS) is 12.4. The van der Waals surface area contributed by atoms with Crippen molar-refractivity contribution in [1.29, 1.82) is 0 Å². The highest BCUT2D eigenvalue weighted by Crippen LogP contribution is 2.16. The Kier molecular flexibility index (Phi) is 5.61. The monoisotopic (exact) mass is 222 g/mol. The molecule has 16 heavy (non-hydrogen) atoms. The molecule has 0 aliphatic rings. The summed E-state index contributed by atoms with van der Waals surface area (Å²) in [6.45, 7) is 5.39. The van der Waals surface area contributed by atoms with Crippen LogP contribution < -0.4 is 11.1 Å². The third-order valence-electron chi connectivity index (χ3n) is 2.84. The fraction of sp³-hybridized carbons (Fsp3) is 0.667. The van der Waals surface area contributed by atoms with Gasteiger partial charge in [0.2, 0.25) is 0 Å². The second kappa shape index (κ2) is 7.04. The summed E-state index contributed by atoms with van der Waals surface area (Å²) in [6.07, 6.45) is 8.16. The lowest BCUT2D eigenvalue weighted by molar-refractivity contribution is 0.472. The van der Waals surface area contributed by atoms with E-state index in [1.807, 2.05) is 0 Å². The average molecular weight is 222 g/mol. The minimum atomic E-state index is 0.618. The average Bonchev–Trinajstić information content (AvgIpc) is 2.31. The molecule has 0 aromatic carbocycles. The molecule has 0 aliphatic carbocycles. The highest BCUT2D eigenvalue weighted by Gasteiger charge is 2.07. The second-order valence-electron chi connectivity index (χ2n) is 4.12. The maximum absolute atomic E-state index is 5.76. The smallest absolute Gasteiger partial charge is 0.152 e. The van der Waals surface area contributed by atoms with Gasteiger partial charge >= 0.3 is 0 Å². The van der Waals surface area contributed by atoms with Gasteiger partial charge in [-0.05, 0) is 12.3 Å². The Balaban J connectivity index is 2.40. The van der Waals surface area contributed by atoms with Crippen LogP contribution in [-0.2, 0) is 0 Å². The van der Waals surface area contributed by atoms with Crippen LogP contribution in [0, 0.1) is 5.92 Å². The molecule has 0 aliphatic heterocycles. The number of unbranched alkanes of at least 4 members (excludes halogenated alkanes) is 1. The molecule has 1 unspecified atom stereocenters. The molecular formula is C12H22N4. The lowest BCUT2D eigenvalue weighted by atomic mass is 9.99. The highest BCUT2D eigenvalue weighted by molar-refractivity contribution is 5.58. The first-order chi connectivity index (χ1) is 7.77. The van der Waals surface area contributed by atoms with E-state index in [4.69, 9.17) is 5.73 Å². The Labute approximate surface area is 97.7 Å². The van der Waals surface area contributed by atoms with E-state index in [1.54, 1.807) is 6.20 Å². The van der Waals surface area contributed by atoms with Crippen molar-refractivity contribution in [2.24, 2.45) is 5.92 Å². The van der Waals surface area contributed by atoms with Crippen molar-refractivity contribution in [3.63, 3.8) is 0 Å². The van der Waals surface area contributed by atoms with Crippen molar-refractivity contribution < 1.29 is 0 Å². The molecular weight excluding hydrogens is 200 g/mol. The summed E-state index contributed by atoms with van der Waals surface area (Å²) in [4.78, 5) is 7.98. The minimum absolute atomic E-state index is 0.618. The van der Waals surface area contributed by atoms with Crippen LogP contribution in [0.5, 0.6) is 0 Å². The van der Waals surface area contributed by atoms with Gasteiger partial charge in [0.25, 0.3) is 0 Å². The van der Waals surface area contributed by atoms with Crippen LogP contribution >= 0.6 is 0 Å². The largest absolute Gasteiger partial charge is 0.394 e. The van der Waals surface area contributed by atoms with Gasteiger partial charge in [0.05, 0.1) is 11.9 Å². The number of nitrogens with zero attached hydrogens (tertiary/aromatic N) is 2. The van der Waals surface area contributed by atoms with Crippen molar-refractivity contribution in [3.8, 4) is 0 Å². The SMILES string of the molecule is CCCCC(CC)CNc1ncncc1N. The van der Waals surface area contributed by atoms with Gasteiger partial charge in [-0.3, -0.25) is 0 Å². The molecule has 0 saturated carbocycles. The molecule has 3 N–H and O–H groups in total. The number of rotatable bonds is 7. The third kappa shape index (κ3) is 4.04. The summed E-state index contributed by atoms with van der Waals surface area (Å²) in [5.74, 6) is 1.46. The Morgan fingerprint density at radius 2 is 2.25 bits per heavy atom. The molecule has 0 spiro atoms. The van der Waals surface area contributed by atoms with E-state index in [0.717, 1.165) is 12.4 Å². The van der Waals surface area contributed by atoms with Gasteiger partial charge in [0, 0.05) is 6.54 Å². The van der Waals surface area contributed by atoms with Gasteiger partial charge in [-0.2, -0.15) is 0 Å². The van der Waals surface area contributed by atoms with Gasteiger partial charge < -0.3 is 11.1 Å². The number of hydrogen-bond acceptors (Lipinski definition) is 4. The molecule has 0 amide bonds. The van der Waals surface area contributed by atoms with E-state index in [1.165, 1.54) is 32.0 Å². The van der Waals surface area contributed by atoms with Crippen LogP contribution in [0.25, 0.3) is 0 Å². The Hall–Kier alpha value is -1.32. The van der Waals surface area contributed by atoms with E-state index in [-0.39, 0.29) is 0 Å². The quantitative estimate of drug-likeness (QED) is 0.744. The van der Waals surface area contributed by atoms with Crippen molar-refractivity contribution in [2.75, 3.05) is 17.6 Å². The zero-order valence-electron chi connectivity index (χ0n) is 10.2. The molecule has 4 heteroatoms.